The summed E-state index contributed by atoms with van der Waals surface area (Å²) in [5.74, 6) is -0.341. The summed E-state index contributed by atoms with van der Waals surface area (Å²) < 4.78 is 14.0. The van der Waals surface area contributed by atoms with Crippen molar-refractivity contribution in [1.29, 1.82) is 0 Å². The lowest BCUT2D eigenvalue weighted by atomic mass is 10.3. The van der Waals surface area contributed by atoms with Crippen molar-refractivity contribution >= 4 is 5.69 Å². The Bertz CT molecular complexity index is 554. The Balaban J connectivity index is 2.56. The van der Waals surface area contributed by atoms with E-state index in [1.54, 1.807) is 0 Å². The van der Waals surface area contributed by atoms with Crippen molar-refractivity contribution < 1.29 is 4.39 Å². The monoisotopic (exact) mass is 221 g/mol. The summed E-state index contributed by atoms with van der Waals surface area (Å²) in [7, 11) is 0. The van der Waals surface area contributed by atoms with Gasteiger partial charge in [0.1, 0.15) is 11.5 Å². The number of nitrogen functional groups attached to an aromatic ring is 1. The van der Waals surface area contributed by atoms with Crippen LogP contribution in [0.15, 0.2) is 29.1 Å². The lowest BCUT2D eigenvalue weighted by Crippen LogP contribution is -2.16. The van der Waals surface area contributed by atoms with Crippen LogP contribution < -0.4 is 11.3 Å². The highest BCUT2D eigenvalue weighted by Crippen LogP contribution is 2.10. The third kappa shape index (κ3) is 1.60. The fourth-order valence-corrected chi connectivity index (χ4v) is 1.54. The predicted molar refractivity (Wildman–Crippen MR) is 60.1 cm³/mol. The van der Waals surface area contributed by atoms with Gasteiger partial charge in [0.25, 0.3) is 5.56 Å². The number of nitrogens with zero attached hydrogens (tertiary/aromatic N) is 1. The Labute approximate surface area is 91.5 Å². The largest absolute Gasteiger partial charge is 0.393 e. The van der Waals surface area contributed by atoms with Crippen molar-refractivity contribution in [3.63, 3.8) is 0 Å². The Kier molecular flexibility index (Phi) is 2.52. The SMILES string of the molecule is CCc1[nH]n(-c2ccc(F)cc2)c(=O)c1N. The van der Waals surface area contributed by atoms with E-state index in [1.807, 2.05) is 6.92 Å². The molecule has 5 heteroatoms. The van der Waals surface area contributed by atoms with Crippen LogP contribution in [0.2, 0.25) is 0 Å². The fourth-order valence-electron chi connectivity index (χ4n) is 1.54. The van der Waals surface area contributed by atoms with E-state index < -0.39 is 0 Å². The molecule has 0 aliphatic rings. The van der Waals surface area contributed by atoms with E-state index in [0.717, 1.165) is 0 Å². The van der Waals surface area contributed by atoms with Gasteiger partial charge in [-0.3, -0.25) is 9.89 Å². The van der Waals surface area contributed by atoms with Crippen molar-refractivity contribution in [3.05, 3.63) is 46.1 Å². The van der Waals surface area contributed by atoms with Crippen molar-refractivity contribution in [2.75, 3.05) is 5.73 Å². The normalized spacial score (nSPS) is 10.6. The van der Waals surface area contributed by atoms with E-state index in [2.05, 4.69) is 5.10 Å². The van der Waals surface area contributed by atoms with E-state index in [0.29, 0.717) is 17.8 Å². The van der Waals surface area contributed by atoms with Crippen LogP contribution in [0.25, 0.3) is 5.69 Å². The van der Waals surface area contributed by atoms with Crippen LogP contribution in [0.5, 0.6) is 0 Å². The van der Waals surface area contributed by atoms with Crippen LogP contribution >= 0.6 is 0 Å². The molecule has 0 aliphatic heterocycles. The first-order valence-electron chi connectivity index (χ1n) is 4.98. The quantitative estimate of drug-likeness (QED) is 0.806. The number of aryl methyl sites for hydroxylation is 1. The second-order valence-electron chi connectivity index (χ2n) is 3.47. The molecule has 2 aromatic rings. The molecule has 0 spiro atoms. The summed E-state index contributed by atoms with van der Waals surface area (Å²) in [6.07, 6.45) is 0.648. The number of hydrogen-bond acceptors (Lipinski definition) is 2. The molecule has 84 valence electrons. The van der Waals surface area contributed by atoms with Gasteiger partial charge in [-0.1, -0.05) is 6.92 Å². The van der Waals surface area contributed by atoms with Gasteiger partial charge in [0.2, 0.25) is 0 Å². The minimum absolute atomic E-state index is 0.215. The molecule has 0 amide bonds. The van der Waals surface area contributed by atoms with Crippen LogP contribution in [0.3, 0.4) is 0 Å². The molecule has 0 aliphatic carbocycles. The van der Waals surface area contributed by atoms with Gasteiger partial charge in [0.15, 0.2) is 0 Å². The number of nitrogens with one attached hydrogen (secondary N) is 1. The van der Waals surface area contributed by atoms with E-state index in [1.165, 1.54) is 28.9 Å². The summed E-state index contributed by atoms with van der Waals surface area (Å²) in [4.78, 5) is 11.7. The lowest BCUT2D eigenvalue weighted by molar-refractivity contribution is 0.627. The molecular weight excluding hydrogens is 209 g/mol. The Hall–Kier alpha value is -2.04. The zero-order valence-electron chi connectivity index (χ0n) is 8.83. The molecule has 1 heterocycles. The van der Waals surface area contributed by atoms with Crippen molar-refractivity contribution in [2.24, 2.45) is 0 Å². The maximum absolute atomic E-state index is 12.7. The third-order valence-electron chi connectivity index (χ3n) is 2.44. The number of aromatic nitrogens is 2. The minimum Gasteiger partial charge on any atom is -0.393 e. The van der Waals surface area contributed by atoms with Gasteiger partial charge in [-0.05, 0) is 30.7 Å². The van der Waals surface area contributed by atoms with Gasteiger partial charge in [0.05, 0.1) is 11.4 Å². The molecule has 1 aromatic heterocycles. The molecule has 2 rings (SSSR count). The van der Waals surface area contributed by atoms with E-state index in [9.17, 15) is 9.18 Å². The molecule has 0 fully saturated rings. The zero-order valence-corrected chi connectivity index (χ0v) is 8.83. The minimum atomic E-state index is -0.341. The molecule has 0 saturated heterocycles. The summed E-state index contributed by atoms with van der Waals surface area (Å²) in [6, 6.07) is 5.63. The van der Waals surface area contributed by atoms with Gasteiger partial charge in [-0.2, -0.15) is 0 Å². The summed E-state index contributed by atoms with van der Waals surface area (Å²) >= 11 is 0. The molecule has 4 nitrogen and oxygen atoms in total. The zero-order chi connectivity index (χ0) is 11.7. The molecule has 0 saturated carbocycles. The average Bonchev–Trinajstić information content (AvgIpc) is 2.57. The predicted octanol–water partition coefficient (Wildman–Crippen LogP) is 1.45. The Morgan fingerprint density at radius 2 is 2.00 bits per heavy atom. The van der Waals surface area contributed by atoms with Crippen LogP contribution in [0, 0.1) is 5.82 Å². The Morgan fingerprint density at radius 3 is 2.50 bits per heavy atom. The van der Waals surface area contributed by atoms with Crippen LogP contribution in [-0.4, -0.2) is 9.78 Å². The molecule has 0 atom stereocenters. The first-order chi connectivity index (χ1) is 7.63. The second-order valence-corrected chi connectivity index (χ2v) is 3.47. The van der Waals surface area contributed by atoms with E-state index in [4.69, 9.17) is 5.73 Å². The number of hydrogen-bond donors (Lipinski definition) is 2. The van der Waals surface area contributed by atoms with Crippen molar-refractivity contribution in [2.45, 2.75) is 13.3 Å². The number of anilines is 1. The smallest absolute Gasteiger partial charge is 0.294 e. The first-order valence-corrected chi connectivity index (χ1v) is 4.98. The first kappa shape index (κ1) is 10.5. The van der Waals surface area contributed by atoms with Gasteiger partial charge in [-0.25, -0.2) is 9.07 Å². The van der Waals surface area contributed by atoms with Crippen LogP contribution in [-0.2, 0) is 6.42 Å². The Morgan fingerprint density at radius 1 is 1.38 bits per heavy atom. The lowest BCUT2D eigenvalue weighted by Gasteiger charge is -2.00. The molecule has 16 heavy (non-hydrogen) atoms. The second kappa shape index (κ2) is 3.84. The third-order valence-corrected chi connectivity index (χ3v) is 2.44. The van der Waals surface area contributed by atoms with Crippen LogP contribution in [0.4, 0.5) is 10.1 Å². The number of halogens is 1. The highest BCUT2D eigenvalue weighted by Gasteiger charge is 2.10. The summed E-state index contributed by atoms with van der Waals surface area (Å²) in [5, 5.41) is 2.89. The van der Waals surface area contributed by atoms with Gasteiger partial charge >= 0.3 is 0 Å². The number of H-pyrrole nitrogens is 1. The number of benzene rings is 1. The fraction of sp³-hybridized carbons (Fsp3) is 0.182. The molecule has 3 N–H and O–H groups in total. The highest BCUT2D eigenvalue weighted by atomic mass is 19.1. The van der Waals surface area contributed by atoms with E-state index >= 15 is 0 Å². The van der Waals surface area contributed by atoms with Crippen molar-refractivity contribution in [1.82, 2.24) is 9.78 Å². The molecule has 1 aromatic carbocycles. The molecule has 0 unspecified atom stereocenters. The number of nitrogens with two attached hydrogens (primary N) is 1. The molecule has 0 radical (unpaired) electrons. The average molecular weight is 221 g/mol. The number of aromatic amines is 1. The molecule has 0 bridgehead atoms. The molecular formula is C11H12FN3O. The number of rotatable bonds is 2. The maximum atomic E-state index is 12.7. The van der Waals surface area contributed by atoms with Crippen molar-refractivity contribution in [3.8, 4) is 5.69 Å². The highest BCUT2D eigenvalue weighted by molar-refractivity contribution is 5.44. The van der Waals surface area contributed by atoms with E-state index in [-0.39, 0.29) is 17.1 Å². The summed E-state index contributed by atoms with van der Waals surface area (Å²) in [5.41, 5.74) is 6.81. The summed E-state index contributed by atoms with van der Waals surface area (Å²) in [6.45, 7) is 1.90. The van der Waals surface area contributed by atoms with Crippen LogP contribution in [0.1, 0.15) is 12.6 Å². The van der Waals surface area contributed by atoms with Gasteiger partial charge in [-0.15, -0.1) is 0 Å². The standard InChI is InChI=1S/C11H12FN3O/c1-2-9-10(13)11(16)15(14-9)8-5-3-7(12)4-6-8/h3-6,14H,2,13H2,1H3. The van der Waals surface area contributed by atoms with Gasteiger partial charge in [0, 0.05) is 0 Å². The maximum Gasteiger partial charge on any atom is 0.294 e. The van der Waals surface area contributed by atoms with Gasteiger partial charge < -0.3 is 5.73 Å². The topological polar surface area (TPSA) is 63.8 Å².